The molecule has 1 unspecified atom stereocenters. The van der Waals surface area contributed by atoms with Gasteiger partial charge in [-0.2, -0.15) is 10.1 Å². The Kier molecular flexibility index (Phi) is 5.02. The summed E-state index contributed by atoms with van der Waals surface area (Å²) in [6.07, 6.45) is -0.598. The fourth-order valence-electron chi connectivity index (χ4n) is 4.15. The maximum Gasteiger partial charge on any atom is 0.280 e. The van der Waals surface area contributed by atoms with Crippen LogP contribution in [0.2, 0.25) is 0 Å². The molecule has 1 aromatic carbocycles. The number of carbonyl (C=O) groups is 1. The molecule has 3 heterocycles. The largest absolute Gasteiger partial charge is 0.338 e. The van der Waals surface area contributed by atoms with Gasteiger partial charge in [0.15, 0.2) is 0 Å². The van der Waals surface area contributed by atoms with Gasteiger partial charge in [0.2, 0.25) is 0 Å². The lowest BCUT2D eigenvalue weighted by Gasteiger charge is -2.37. The maximum absolute atomic E-state index is 13.4. The summed E-state index contributed by atoms with van der Waals surface area (Å²) in [7, 11) is 0. The highest BCUT2D eigenvalue weighted by Crippen LogP contribution is 2.34. The molecule has 0 radical (unpaired) electrons. The van der Waals surface area contributed by atoms with Gasteiger partial charge in [-0.1, -0.05) is 24.1 Å². The Hall–Kier alpha value is -2.90. The third-order valence-electron chi connectivity index (χ3n) is 5.62. The number of nitrogens with zero attached hydrogens (tertiary/aromatic N) is 5. The predicted octanol–water partition coefficient (Wildman–Crippen LogP) is 3.94. The first kappa shape index (κ1) is 19.4. The summed E-state index contributed by atoms with van der Waals surface area (Å²) in [4.78, 5) is 22.8. The van der Waals surface area contributed by atoms with Crippen molar-refractivity contribution in [1.82, 2.24) is 24.5 Å². The van der Waals surface area contributed by atoms with Gasteiger partial charge < -0.3 is 4.90 Å². The zero-order valence-electron chi connectivity index (χ0n) is 16.6. The van der Waals surface area contributed by atoms with Gasteiger partial charge in [0.1, 0.15) is 12.0 Å². The fraction of sp³-hybridized carbons (Fsp3) is 0.429. The Morgan fingerprint density at radius 2 is 1.90 bits per heavy atom. The van der Waals surface area contributed by atoms with Crippen molar-refractivity contribution < 1.29 is 13.6 Å². The zero-order chi connectivity index (χ0) is 20.7. The number of benzene rings is 1. The van der Waals surface area contributed by atoms with Crippen LogP contribution in [-0.4, -0.2) is 43.5 Å². The van der Waals surface area contributed by atoms with Crippen molar-refractivity contribution in [3.05, 3.63) is 58.7 Å². The van der Waals surface area contributed by atoms with Crippen molar-refractivity contribution in [2.45, 2.75) is 39.5 Å². The van der Waals surface area contributed by atoms with Crippen LogP contribution in [0.1, 0.15) is 58.6 Å². The number of rotatable bonds is 3. The SMILES string of the molecule is Cc1cc(C)cc(C(=O)N2CCC(C)[C@@H](c3cc(C(F)F)nc4ncnn34)C2)c1. The van der Waals surface area contributed by atoms with Gasteiger partial charge >= 0.3 is 0 Å². The number of hydrogen-bond acceptors (Lipinski definition) is 4. The van der Waals surface area contributed by atoms with Crippen LogP contribution in [0.15, 0.2) is 30.6 Å². The first-order chi connectivity index (χ1) is 13.8. The van der Waals surface area contributed by atoms with E-state index in [-0.39, 0.29) is 29.2 Å². The van der Waals surface area contributed by atoms with E-state index in [0.29, 0.717) is 24.3 Å². The average molecular weight is 399 g/mol. The highest BCUT2D eigenvalue weighted by molar-refractivity contribution is 5.94. The Morgan fingerprint density at radius 3 is 2.59 bits per heavy atom. The first-order valence-electron chi connectivity index (χ1n) is 9.69. The fourth-order valence-corrected chi connectivity index (χ4v) is 4.15. The molecule has 29 heavy (non-hydrogen) atoms. The molecule has 4 rings (SSSR count). The molecule has 2 atom stereocenters. The number of alkyl halides is 2. The van der Waals surface area contributed by atoms with Crippen molar-refractivity contribution in [3.63, 3.8) is 0 Å². The molecule has 1 aliphatic rings. The van der Waals surface area contributed by atoms with Crippen LogP contribution in [0.4, 0.5) is 8.78 Å². The van der Waals surface area contributed by atoms with Crippen LogP contribution in [0.3, 0.4) is 0 Å². The number of likely N-dealkylation sites (tertiary alicyclic amines) is 1. The van der Waals surface area contributed by atoms with Gasteiger partial charge in [-0.05, 0) is 44.4 Å². The summed E-state index contributed by atoms with van der Waals surface area (Å²) >= 11 is 0. The molecule has 0 spiro atoms. The van der Waals surface area contributed by atoms with Gasteiger partial charge in [0, 0.05) is 24.6 Å². The highest BCUT2D eigenvalue weighted by Gasteiger charge is 2.33. The number of amides is 1. The van der Waals surface area contributed by atoms with Crippen LogP contribution in [0, 0.1) is 19.8 Å². The maximum atomic E-state index is 13.4. The van der Waals surface area contributed by atoms with Gasteiger partial charge in [-0.25, -0.2) is 18.3 Å². The molecule has 0 saturated carbocycles. The normalized spacial score (nSPS) is 19.9. The van der Waals surface area contributed by atoms with E-state index < -0.39 is 6.43 Å². The van der Waals surface area contributed by atoms with E-state index in [9.17, 15) is 13.6 Å². The van der Waals surface area contributed by atoms with Crippen molar-refractivity contribution in [2.24, 2.45) is 5.92 Å². The number of carbonyl (C=O) groups excluding carboxylic acids is 1. The van der Waals surface area contributed by atoms with E-state index >= 15 is 0 Å². The third kappa shape index (κ3) is 3.71. The van der Waals surface area contributed by atoms with Crippen molar-refractivity contribution in [3.8, 4) is 0 Å². The van der Waals surface area contributed by atoms with Gasteiger partial charge in [0.25, 0.3) is 18.1 Å². The Balaban J connectivity index is 1.69. The second-order valence-electron chi connectivity index (χ2n) is 7.88. The van der Waals surface area contributed by atoms with Gasteiger partial charge in [-0.3, -0.25) is 4.79 Å². The van der Waals surface area contributed by atoms with E-state index in [1.54, 1.807) is 0 Å². The molecule has 0 N–H and O–H groups in total. The lowest BCUT2D eigenvalue weighted by atomic mass is 9.84. The van der Waals surface area contributed by atoms with Crippen LogP contribution in [0.5, 0.6) is 0 Å². The molecule has 1 fully saturated rings. The number of aromatic nitrogens is 4. The van der Waals surface area contributed by atoms with Crippen molar-refractivity contribution in [1.29, 1.82) is 0 Å². The lowest BCUT2D eigenvalue weighted by molar-refractivity contribution is 0.0665. The summed E-state index contributed by atoms with van der Waals surface area (Å²) in [5, 5.41) is 4.17. The van der Waals surface area contributed by atoms with Gasteiger partial charge in [0.05, 0.1) is 5.69 Å². The van der Waals surface area contributed by atoms with Gasteiger partial charge in [-0.15, -0.1) is 0 Å². The number of piperidine rings is 1. The molecule has 152 valence electrons. The van der Waals surface area contributed by atoms with E-state index in [1.807, 2.05) is 36.9 Å². The molecule has 0 aliphatic carbocycles. The minimum atomic E-state index is -2.69. The minimum absolute atomic E-state index is 0.0355. The highest BCUT2D eigenvalue weighted by atomic mass is 19.3. The number of fused-ring (bicyclic) bond motifs is 1. The van der Waals surface area contributed by atoms with Crippen LogP contribution < -0.4 is 0 Å². The van der Waals surface area contributed by atoms with E-state index in [2.05, 4.69) is 22.0 Å². The average Bonchev–Trinajstić information content (AvgIpc) is 3.15. The molecule has 2 aromatic heterocycles. The minimum Gasteiger partial charge on any atom is -0.338 e. The molecule has 0 bridgehead atoms. The number of aryl methyl sites for hydroxylation is 2. The second-order valence-corrected chi connectivity index (χ2v) is 7.88. The second kappa shape index (κ2) is 7.50. The summed E-state index contributed by atoms with van der Waals surface area (Å²) in [5.41, 5.74) is 3.04. The summed E-state index contributed by atoms with van der Waals surface area (Å²) in [5.74, 6) is 0.191. The first-order valence-corrected chi connectivity index (χ1v) is 9.69. The van der Waals surface area contributed by atoms with Crippen LogP contribution in [0.25, 0.3) is 5.78 Å². The molecular weight excluding hydrogens is 376 g/mol. The lowest BCUT2D eigenvalue weighted by Crippen LogP contribution is -2.42. The zero-order valence-corrected chi connectivity index (χ0v) is 16.6. The molecule has 8 heteroatoms. The summed E-state index contributed by atoms with van der Waals surface area (Å²) < 4.78 is 28.2. The van der Waals surface area contributed by atoms with E-state index in [0.717, 1.165) is 17.5 Å². The monoisotopic (exact) mass is 399 g/mol. The molecule has 3 aromatic rings. The molecule has 1 aliphatic heterocycles. The standard InChI is InChI=1S/C21H23F2N5O/c1-12-6-13(2)8-15(7-12)20(29)27-5-4-14(3)16(10-27)18-9-17(19(22)23)26-21-24-11-25-28(18)21/h6-9,11,14,16,19H,4-5,10H2,1-3H3/t14?,16-/m0/s1. The van der Waals surface area contributed by atoms with Crippen LogP contribution in [-0.2, 0) is 0 Å². The third-order valence-corrected chi connectivity index (χ3v) is 5.62. The van der Waals surface area contributed by atoms with Crippen LogP contribution >= 0.6 is 0 Å². The Labute approximate surface area is 167 Å². The number of halogens is 2. The topological polar surface area (TPSA) is 63.4 Å². The summed E-state index contributed by atoms with van der Waals surface area (Å²) in [6, 6.07) is 7.21. The smallest absolute Gasteiger partial charge is 0.280 e. The quantitative estimate of drug-likeness (QED) is 0.669. The van der Waals surface area contributed by atoms with E-state index in [1.165, 1.54) is 16.9 Å². The predicted molar refractivity (Wildman–Crippen MR) is 104 cm³/mol. The van der Waals surface area contributed by atoms with Crippen molar-refractivity contribution >= 4 is 11.7 Å². The molecule has 6 nitrogen and oxygen atoms in total. The summed E-state index contributed by atoms with van der Waals surface area (Å²) in [6.45, 7) is 7.09. The van der Waals surface area contributed by atoms with Crippen molar-refractivity contribution in [2.75, 3.05) is 13.1 Å². The molecule has 1 amide bonds. The Bertz CT molecular complexity index is 1040. The molecule has 1 saturated heterocycles. The Morgan fingerprint density at radius 1 is 1.17 bits per heavy atom. The molecular formula is C21H23F2N5O. The van der Waals surface area contributed by atoms with E-state index in [4.69, 9.17) is 0 Å². The number of hydrogen-bond donors (Lipinski definition) is 0.